The van der Waals surface area contributed by atoms with Crippen LogP contribution in [0.5, 0.6) is 0 Å². The van der Waals surface area contributed by atoms with Crippen molar-refractivity contribution in [1.82, 2.24) is 15.2 Å². The van der Waals surface area contributed by atoms with E-state index in [1.54, 1.807) is 17.5 Å². The second kappa shape index (κ2) is 4.28. The molecule has 4 rings (SSSR count). The number of fused-ring (bicyclic) bond motifs is 3. The minimum Gasteiger partial charge on any atom is -0.347 e. The molecule has 19 heavy (non-hydrogen) atoms. The van der Waals surface area contributed by atoms with Crippen LogP contribution in [0.4, 0.5) is 0 Å². The van der Waals surface area contributed by atoms with Crippen LogP contribution in [0.15, 0.2) is 24.5 Å². The van der Waals surface area contributed by atoms with Crippen molar-refractivity contribution in [3.8, 4) is 0 Å². The highest BCUT2D eigenvalue weighted by Gasteiger charge is 2.38. The van der Waals surface area contributed by atoms with Crippen molar-refractivity contribution in [1.29, 1.82) is 0 Å². The van der Waals surface area contributed by atoms with Gasteiger partial charge in [0.05, 0.1) is 4.88 Å². The van der Waals surface area contributed by atoms with E-state index in [0.29, 0.717) is 12.0 Å². The summed E-state index contributed by atoms with van der Waals surface area (Å²) < 4.78 is 1.12. The van der Waals surface area contributed by atoms with Crippen molar-refractivity contribution < 1.29 is 4.79 Å². The molecule has 2 bridgehead atoms. The molecule has 3 unspecified atom stereocenters. The Bertz CT molecular complexity index is 605. The van der Waals surface area contributed by atoms with E-state index in [1.165, 1.54) is 13.0 Å². The van der Waals surface area contributed by atoms with Crippen LogP contribution < -0.4 is 5.32 Å². The van der Waals surface area contributed by atoms with Gasteiger partial charge in [-0.1, -0.05) is 0 Å². The summed E-state index contributed by atoms with van der Waals surface area (Å²) in [5.41, 5.74) is 0. The molecule has 2 aliphatic rings. The van der Waals surface area contributed by atoms with E-state index in [1.807, 2.05) is 18.3 Å². The van der Waals surface area contributed by atoms with Crippen LogP contribution in [-0.4, -0.2) is 41.5 Å². The highest BCUT2D eigenvalue weighted by Crippen LogP contribution is 2.29. The number of hydrogen-bond acceptors (Lipinski definition) is 4. The summed E-state index contributed by atoms with van der Waals surface area (Å²) in [4.78, 5) is 19.6. The maximum Gasteiger partial charge on any atom is 0.261 e. The second-order valence-electron chi connectivity index (χ2n) is 5.41. The van der Waals surface area contributed by atoms with Crippen molar-refractivity contribution >= 4 is 27.3 Å². The number of nitrogens with one attached hydrogen (secondary N) is 1. The standard InChI is InChI=1S/C14H15N3OS/c18-14(16-11-8-17-4-2-9(11)7-17)13-5-10-6-15-3-1-12(10)19-13/h1,3,5-6,9,11H,2,4,7-8H2,(H,16,18). The molecule has 2 aromatic heterocycles. The number of nitrogens with zero attached hydrogens (tertiary/aromatic N) is 2. The Morgan fingerprint density at radius 1 is 1.47 bits per heavy atom. The molecule has 0 aromatic carbocycles. The van der Waals surface area contributed by atoms with Gasteiger partial charge in [-0.05, 0) is 31.0 Å². The van der Waals surface area contributed by atoms with Crippen molar-refractivity contribution in [2.45, 2.75) is 12.5 Å². The first-order valence-corrected chi connectivity index (χ1v) is 7.48. The van der Waals surface area contributed by atoms with E-state index >= 15 is 0 Å². The van der Waals surface area contributed by atoms with E-state index < -0.39 is 0 Å². The maximum absolute atomic E-state index is 12.3. The van der Waals surface area contributed by atoms with Gasteiger partial charge in [0.25, 0.3) is 5.91 Å². The van der Waals surface area contributed by atoms with E-state index in [0.717, 1.165) is 28.1 Å². The van der Waals surface area contributed by atoms with Crippen molar-refractivity contribution in [3.63, 3.8) is 0 Å². The lowest BCUT2D eigenvalue weighted by Crippen LogP contribution is -2.42. The number of pyridine rings is 1. The molecule has 0 aliphatic carbocycles. The molecule has 3 atom stereocenters. The summed E-state index contributed by atoms with van der Waals surface area (Å²) in [6.45, 7) is 3.37. The predicted molar refractivity (Wildman–Crippen MR) is 75.4 cm³/mol. The molecule has 2 aliphatic heterocycles. The summed E-state index contributed by atoms with van der Waals surface area (Å²) in [6, 6.07) is 4.24. The Hall–Kier alpha value is -1.46. The smallest absolute Gasteiger partial charge is 0.261 e. The molecule has 0 saturated carbocycles. The zero-order valence-electron chi connectivity index (χ0n) is 10.5. The van der Waals surface area contributed by atoms with Crippen LogP contribution in [0.25, 0.3) is 10.1 Å². The van der Waals surface area contributed by atoms with Crippen molar-refractivity contribution in [2.24, 2.45) is 5.92 Å². The highest BCUT2D eigenvalue weighted by molar-refractivity contribution is 7.20. The maximum atomic E-state index is 12.3. The monoisotopic (exact) mass is 273 g/mol. The van der Waals surface area contributed by atoms with Crippen LogP contribution in [-0.2, 0) is 0 Å². The lowest BCUT2D eigenvalue weighted by atomic mass is 10.00. The molecule has 2 fully saturated rings. The molecule has 1 N–H and O–H groups in total. The van der Waals surface area contributed by atoms with Crippen LogP contribution in [0, 0.1) is 5.92 Å². The fourth-order valence-corrected chi connectivity index (χ4v) is 4.12. The molecular weight excluding hydrogens is 258 g/mol. The van der Waals surface area contributed by atoms with Crippen molar-refractivity contribution in [2.75, 3.05) is 19.6 Å². The van der Waals surface area contributed by atoms with Crippen LogP contribution in [0.3, 0.4) is 0 Å². The first kappa shape index (κ1) is 11.4. The summed E-state index contributed by atoms with van der Waals surface area (Å²) in [5, 5.41) is 4.25. The van der Waals surface area contributed by atoms with Crippen LogP contribution >= 0.6 is 11.3 Å². The Morgan fingerprint density at radius 3 is 3.16 bits per heavy atom. The fraction of sp³-hybridized carbons (Fsp3) is 0.429. The minimum absolute atomic E-state index is 0.0694. The first-order chi connectivity index (χ1) is 9.29. The summed E-state index contributed by atoms with van der Waals surface area (Å²) in [6.07, 6.45) is 4.80. The molecule has 0 spiro atoms. The number of rotatable bonds is 2. The Kier molecular flexibility index (Phi) is 2.56. The minimum atomic E-state index is 0.0694. The van der Waals surface area contributed by atoms with Gasteiger partial charge < -0.3 is 10.2 Å². The van der Waals surface area contributed by atoms with Gasteiger partial charge in [0.2, 0.25) is 0 Å². The topological polar surface area (TPSA) is 45.2 Å². The fourth-order valence-electron chi connectivity index (χ4n) is 3.18. The molecule has 0 radical (unpaired) electrons. The zero-order chi connectivity index (χ0) is 12.8. The third-order valence-electron chi connectivity index (χ3n) is 4.19. The highest BCUT2D eigenvalue weighted by atomic mass is 32.1. The van der Waals surface area contributed by atoms with E-state index in [2.05, 4.69) is 15.2 Å². The number of aromatic nitrogens is 1. The van der Waals surface area contributed by atoms with E-state index in [9.17, 15) is 4.79 Å². The second-order valence-corrected chi connectivity index (χ2v) is 6.50. The van der Waals surface area contributed by atoms with Gasteiger partial charge in [-0.3, -0.25) is 9.78 Å². The van der Waals surface area contributed by atoms with Gasteiger partial charge in [0.15, 0.2) is 0 Å². The Labute approximate surface area is 115 Å². The molecule has 5 heteroatoms. The molecule has 4 heterocycles. The number of piperidine rings is 1. The quantitative estimate of drug-likeness (QED) is 0.906. The predicted octanol–water partition coefficient (Wildman–Crippen LogP) is 1.73. The third-order valence-corrected chi connectivity index (χ3v) is 5.30. The molecular formula is C14H15N3OS. The average Bonchev–Trinajstić information content (AvgIpc) is 3.12. The molecule has 2 saturated heterocycles. The number of carbonyl (C=O) groups is 1. The zero-order valence-corrected chi connectivity index (χ0v) is 11.3. The van der Waals surface area contributed by atoms with Gasteiger partial charge >= 0.3 is 0 Å². The van der Waals surface area contributed by atoms with Crippen LogP contribution in [0.2, 0.25) is 0 Å². The molecule has 4 nitrogen and oxygen atoms in total. The van der Waals surface area contributed by atoms with Gasteiger partial charge in [-0.15, -0.1) is 11.3 Å². The SMILES string of the molecule is O=C(NC1CN2CCC1C2)c1cc2cnccc2s1. The first-order valence-electron chi connectivity index (χ1n) is 6.66. The molecule has 2 aromatic rings. The number of amides is 1. The largest absolute Gasteiger partial charge is 0.347 e. The van der Waals surface area contributed by atoms with Crippen LogP contribution in [0.1, 0.15) is 16.1 Å². The summed E-state index contributed by atoms with van der Waals surface area (Å²) in [5.74, 6) is 0.722. The summed E-state index contributed by atoms with van der Waals surface area (Å²) in [7, 11) is 0. The lowest BCUT2D eigenvalue weighted by molar-refractivity contribution is 0.0928. The number of hydrogen-bond donors (Lipinski definition) is 1. The normalized spacial score (nSPS) is 28.9. The van der Waals surface area contributed by atoms with Gasteiger partial charge in [0, 0.05) is 41.6 Å². The molecule has 1 amide bonds. The van der Waals surface area contributed by atoms with E-state index in [4.69, 9.17) is 0 Å². The van der Waals surface area contributed by atoms with Gasteiger partial charge in [-0.2, -0.15) is 0 Å². The number of carbonyl (C=O) groups excluding carboxylic acids is 1. The van der Waals surface area contributed by atoms with E-state index in [-0.39, 0.29) is 5.91 Å². The van der Waals surface area contributed by atoms with Gasteiger partial charge in [-0.25, -0.2) is 0 Å². The summed E-state index contributed by atoms with van der Waals surface area (Å²) >= 11 is 1.54. The Morgan fingerprint density at radius 2 is 2.42 bits per heavy atom. The van der Waals surface area contributed by atoms with Gasteiger partial charge in [0.1, 0.15) is 0 Å². The lowest BCUT2D eigenvalue weighted by Gasteiger charge is -2.22. The molecule has 98 valence electrons. The van der Waals surface area contributed by atoms with Crippen molar-refractivity contribution in [3.05, 3.63) is 29.4 Å². The average molecular weight is 273 g/mol. The number of thiophene rings is 1. The Balaban J connectivity index is 1.53. The third kappa shape index (κ3) is 1.93.